The maximum absolute atomic E-state index is 14.3. The maximum Gasteiger partial charge on any atom is 0.391 e. The highest BCUT2D eigenvalue weighted by atomic mass is 79.9. The number of anilines is 2. The lowest BCUT2D eigenvalue weighted by atomic mass is 10.1. The minimum absolute atomic E-state index is 0.0479. The van der Waals surface area contributed by atoms with Crippen molar-refractivity contribution >= 4 is 58.1 Å². The van der Waals surface area contributed by atoms with Gasteiger partial charge in [0.05, 0.1) is 32.5 Å². The molecule has 0 spiro atoms. The molecule has 2 aliphatic rings. The summed E-state index contributed by atoms with van der Waals surface area (Å²) in [4.78, 5) is 47.8. The van der Waals surface area contributed by atoms with Gasteiger partial charge in [-0.1, -0.05) is 42.5 Å². The summed E-state index contributed by atoms with van der Waals surface area (Å²) < 4.78 is 52.4. The molecule has 2 saturated heterocycles. The molecule has 17 nitrogen and oxygen atoms in total. The van der Waals surface area contributed by atoms with Crippen LogP contribution >= 0.6 is 23.6 Å². The van der Waals surface area contributed by atoms with Gasteiger partial charge in [0.25, 0.3) is 5.56 Å². The van der Waals surface area contributed by atoms with Crippen LogP contribution in [0, 0.1) is 0 Å². The fourth-order valence-electron chi connectivity index (χ4n) is 6.21. The van der Waals surface area contributed by atoms with Crippen LogP contribution in [0.25, 0.3) is 11.2 Å². The van der Waals surface area contributed by atoms with Gasteiger partial charge < -0.3 is 28.8 Å². The minimum Gasteiger partial charge on any atom is -0.456 e. The molecule has 6 rings (SSSR count). The van der Waals surface area contributed by atoms with Gasteiger partial charge >= 0.3 is 19.6 Å². The minimum atomic E-state index is -3.95. The van der Waals surface area contributed by atoms with Crippen LogP contribution < -0.4 is 15.7 Å². The Morgan fingerprint density at radius 3 is 2.23 bits per heavy atom. The fourth-order valence-corrected chi connectivity index (χ4v) is 8.27. The molecular formula is C34H38BrN6O11P. The number of carbonyl (C=O) groups excluding carboxylic acids is 2. The first-order chi connectivity index (χ1) is 25.5. The van der Waals surface area contributed by atoms with Gasteiger partial charge in [0.2, 0.25) is 0 Å². The maximum atomic E-state index is 14.3. The Bertz CT molecular complexity index is 1990. The molecule has 4 heterocycles. The third-order valence-corrected chi connectivity index (χ3v) is 10.6. The number of benzene rings is 2. The third-order valence-electron chi connectivity index (χ3n) is 8.42. The lowest BCUT2D eigenvalue weighted by Crippen LogP contribution is -2.40. The second-order valence-corrected chi connectivity index (χ2v) is 14.6. The lowest BCUT2D eigenvalue weighted by Gasteiger charge is -2.26. The van der Waals surface area contributed by atoms with Gasteiger partial charge in [-0.05, 0) is 40.2 Å². The van der Waals surface area contributed by atoms with E-state index in [1.54, 1.807) is 66.7 Å². The van der Waals surface area contributed by atoms with Gasteiger partial charge in [0.15, 0.2) is 34.3 Å². The Labute approximate surface area is 311 Å². The number of nitrogens with one attached hydrogen (secondary N) is 2. The number of imidazole rings is 1. The van der Waals surface area contributed by atoms with E-state index in [9.17, 15) is 24.1 Å². The summed E-state index contributed by atoms with van der Waals surface area (Å²) in [5.74, 6) is -1.43. The molecule has 2 aromatic heterocycles. The van der Waals surface area contributed by atoms with E-state index in [-0.39, 0.29) is 35.7 Å². The van der Waals surface area contributed by atoms with E-state index >= 15 is 0 Å². The van der Waals surface area contributed by atoms with Crippen LogP contribution in [0.15, 0.2) is 89.2 Å². The van der Waals surface area contributed by atoms with E-state index in [2.05, 4.69) is 42.7 Å². The SMILES string of the molecule is C=CCO[C@@H]1[C@H](n2cnc3c(nc(Br)n3[C@@H]3O[C@H](COP(=O)(Nc4ccccc4)Nc4ccccc4)[C@@H](OC(C)=O)[C@H]3OC(C)=O)c2=O)CO[C@@H]1CO. The summed E-state index contributed by atoms with van der Waals surface area (Å²) >= 11 is 3.40. The van der Waals surface area contributed by atoms with Crippen LogP contribution in [0.2, 0.25) is 0 Å². The summed E-state index contributed by atoms with van der Waals surface area (Å²) in [5.41, 5.74) is 0.420. The molecule has 2 fully saturated rings. The van der Waals surface area contributed by atoms with Crippen molar-refractivity contribution in [3.8, 4) is 0 Å². The zero-order valence-corrected chi connectivity index (χ0v) is 31.1. The average Bonchev–Trinajstić information content (AvgIpc) is 3.79. The van der Waals surface area contributed by atoms with Crippen molar-refractivity contribution in [1.82, 2.24) is 19.1 Å². The van der Waals surface area contributed by atoms with Crippen molar-refractivity contribution in [3.63, 3.8) is 0 Å². The number of aromatic nitrogens is 4. The molecular weight excluding hydrogens is 779 g/mol. The molecule has 53 heavy (non-hydrogen) atoms. The molecule has 2 aromatic carbocycles. The molecule has 0 unspecified atom stereocenters. The Balaban J connectivity index is 1.34. The molecule has 282 valence electrons. The number of aliphatic hydroxyl groups is 1. The second-order valence-electron chi connectivity index (χ2n) is 12.1. The van der Waals surface area contributed by atoms with Crippen molar-refractivity contribution in [2.24, 2.45) is 0 Å². The monoisotopic (exact) mass is 816 g/mol. The third kappa shape index (κ3) is 8.54. The fraction of sp³-hybridized carbons (Fsp3) is 0.382. The molecule has 19 heteroatoms. The van der Waals surface area contributed by atoms with E-state index in [1.807, 2.05) is 0 Å². The van der Waals surface area contributed by atoms with E-state index in [1.165, 1.54) is 29.3 Å². The van der Waals surface area contributed by atoms with E-state index in [0.29, 0.717) is 11.4 Å². The lowest BCUT2D eigenvalue weighted by molar-refractivity contribution is -0.165. The number of esters is 2. The van der Waals surface area contributed by atoms with Crippen LogP contribution in [0.3, 0.4) is 0 Å². The van der Waals surface area contributed by atoms with Crippen molar-refractivity contribution < 1.29 is 47.5 Å². The Morgan fingerprint density at radius 1 is 1.02 bits per heavy atom. The highest BCUT2D eigenvalue weighted by Gasteiger charge is 2.52. The summed E-state index contributed by atoms with van der Waals surface area (Å²) in [7, 11) is -3.95. The quantitative estimate of drug-likeness (QED) is 0.0673. The number of aliphatic hydroxyl groups excluding tert-OH is 1. The van der Waals surface area contributed by atoms with Crippen molar-refractivity contribution in [3.05, 3.63) is 94.7 Å². The Hall–Kier alpha value is -4.42. The normalized spacial score (nSPS) is 24.2. The Kier molecular flexibility index (Phi) is 12.1. The first kappa shape index (κ1) is 38.3. The van der Waals surface area contributed by atoms with Gasteiger partial charge in [0.1, 0.15) is 24.6 Å². The number of hydrogen-bond donors (Lipinski definition) is 3. The highest BCUT2D eigenvalue weighted by molar-refractivity contribution is 9.10. The molecule has 0 bridgehead atoms. The molecule has 0 aliphatic carbocycles. The molecule has 4 aromatic rings. The van der Waals surface area contributed by atoms with Gasteiger partial charge in [-0.25, -0.2) is 14.5 Å². The van der Waals surface area contributed by atoms with Crippen molar-refractivity contribution in [2.75, 3.05) is 36.6 Å². The van der Waals surface area contributed by atoms with Crippen LogP contribution in [-0.4, -0.2) is 93.1 Å². The van der Waals surface area contributed by atoms with Crippen LogP contribution in [-0.2, 0) is 42.4 Å². The van der Waals surface area contributed by atoms with Crippen molar-refractivity contribution in [2.45, 2.75) is 56.6 Å². The number of rotatable bonds is 15. The second kappa shape index (κ2) is 16.7. The van der Waals surface area contributed by atoms with Gasteiger partial charge in [-0.2, -0.15) is 0 Å². The molecule has 3 N–H and O–H groups in total. The smallest absolute Gasteiger partial charge is 0.391 e. The Morgan fingerprint density at radius 2 is 1.64 bits per heavy atom. The van der Waals surface area contributed by atoms with Gasteiger partial charge in [-0.15, -0.1) is 6.58 Å². The van der Waals surface area contributed by atoms with E-state index in [0.717, 1.165) is 0 Å². The highest BCUT2D eigenvalue weighted by Crippen LogP contribution is 2.48. The van der Waals surface area contributed by atoms with Gasteiger partial charge in [0, 0.05) is 25.2 Å². The molecule has 0 radical (unpaired) electrons. The molecule has 0 saturated carbocycles. The molecule has 7 atom stereocenters. The number of ether oxygens (including phenoxy) is 5. The van der Waals surface area contributed by atoms with Gasteiger partial charge in [-0.3, -0.25) is 38.2 Å². The molecule has 2 aliphatic heterocycles. The van der Waals surface area contributed by atoms with E-state index < -0.39 is 74.6 Å². The first-order valence-corrected chi connectivity index (χ1v) is 18.9. The van der Waals surface area contributed by atoms with Crippen LogP contribution in [0.4, 0.5) is 11.4 Å². The predicted octanol–water partition coefficient (Wildman–Crippen LogP) is 3.97. The van der Waals surface area contributed by atoms with E-state index in [4.69, 9.17) is 28.2 Å². The summed E-state index contributed by atoms with van der Waals surface area (Å²) in [6.07, 6.45) is -3.49. The average molecular weight is 818 g/mol. The number of carbonyl (C=O) groups is 2. The zero-order valence-electron chi connectivity index (χ0n) is 28.6. The van der Waals surface area contributed by atoms with Crippen LogP contribution in [0.5, 0.6) is 0 Å². The number of fused-ring (bicyclic) bond motifs is 1. The standard InChI is InChI=1S/C34H38BrN6O11P/c1-4-15-47-28-24(17-48-25(28)16-42)40-19-36-31-27(32(40)45)37-34(35)41(31)33-30(51-21(3)44)29(50-20(2)43)26(52-33)18-49-53(46,38-22-11-7-5-8-12-22)39-23-13-9-6-10-14-23/h4-14,19,24-26,28-30,33,42H,1,15-18H2,2-3H3,(H2,38,39,46)/t24-,25-,26-,28-,29-,30-,33-/m1/s1. The number of halogens is 1. The van der Waals surface area contributed by atoms with Crippen molar-refractivity contribution in [1.29, 1.82) is 0 Å². The zero-order chi connectivity index (χ0) is 37.7. The predicted molar refractivity (Wildman–Crippen MR) is 194 cm³/mol. The largest absolute Gasteiger partial charge is 0.456 e. The first-order valence-electron chi connectivity index (χ1n) is 16.5. The number of hydrogen-bond acceptors (Lipinski definition) is 13. The molecule has 0 amide bonds. The number of para-hydroxylation sites is 2. The summed E-state index contributed by atoms with van der Waals surface area (Å²) in [6, 6.07) is 16.9. The summed E-state index contributed by atoms with van der Waals surface area (Å²) in [5, 5.41) is 15.7. The van der Waals surface area contributed by atoms with Crippen LogP contribution in [0.1, 0.15) is 26.1 Å². The topological polar surface area (TPSA) is 204 Å². The summed E-state index contributed by atoms with van der Waals surface area (Å²) in [6.45, 7) is 5.50. The number of nitrogens with zero attached hydrogens (tertiary/aromatic N) is 4.